The lowest BCUT2D eigenvalue weighted by Crippen LogP contribution is -2.37. The molecule has 2 atom stereocenters. The highest BCUT2D eigenvalue weighted by atomic mass is 35.5. The molecule has 0 aliphatic carbocycles. The topological polar surface area (TPSA) is 99.2 Å². The molecule has 0 aromatic heterocycles. The summed E-state index contributed by atoms with van der Waals surface area (Å²) in [4.78, 5) is 39.1. The fraction of sp³-hybridized carbons (Fsp3) is 0.471. The van der Waals surface area contributed by atoms with Gasteiger partial charge in [0.05, 0.1) is 23.1 Å². The molecule has 0 spiro atoms. The molecule has 2 unspecified atom stereocenters. The number of carboxylic acids is 1. The number of ether oxygens (including phenoxy) is 1. The van der Waals surface area contributed by atoms with E-state index >= 15 is 0 Å². The summed E-state index contributed by atoms with van der Waals surface area (Å²) < 4.78 is 5.31. The van der Waals surface area contributed by atoms with Gasteiger partial charge in [-0.15, -0.1) is 0 Å². The first kappa shape index (κ1) is 18.5. The Kier molecular flexibility index (Phi) is 5.33. The van der Waals surface area contributed by atoms with Crippen molar-refractivity contribution in [1.29, 1.82) is 0 Å². The fourth-order valence-corrected chi connectivity index (χ4v) is 3.60. The number of methoxy groups -OCH3 is 1. The smallest absolute Gasteiger partial charge is 0.321 e. The van der Waals surface area contributed by atoms with Crippen molar-refractivity contribution in [3.63, 3.8) is 0 Å². The van der Waals surface area contributed by atoms with E-state index in [1.165, 1.54) is 16.9 Å². The summed E-state index contributed by atoms with van der Waals surface area (Å²) in [6.45, 7) is 1.34. The number of likely N-dealkylation sites (tertiary alicyclic amines) is 1. The van der Waals surface area contributed by atoms with E-state index in [4.69, 9.17) is 21.4 Å². The molecule has 3 rings (SSSR count). The van der Waals surface area contributed by atoms with Crippen molar-refractivity contribution in [1.82, 2.24) is 10.2 Å². The molecule has 2 N–H and O–H groups in total. The van der Waals surface area contributed by atoms with Gasteiger partial charge in [0.15, 0.2) is 0 Å². The molecule has 2 saturated heterocycles. The Balaban J connectivity index is 1.88. The molecule has 2 aliphatic heterocycles. The molecule has 9 heteroatoms. The van der Waals surface area contributed by atoms with E-state index in [2.05, 4.69) is 5.32 Å². The maximum Gasteiger partial charge on any atom is 0.321 e. The number of nitrogens with zero attached hydrogens (tertiary/aromatic N) is 2. The van der Waals surface area contributed by atoms with Crippen molar-refractivity contribution >= 4 is 35.2 Å². The highest BCUT2D eigenvalue weighted by Gasteiger charge is 2.37. The summed E-state index contributed by atoms with van der Waals surface area (Å²) in [7, 11) is 1.54. The second-order valence-corrected chi connectivity index (χ2v) is 6.76. The number of carbonyl (C=O) groups is 3. The Labute approximate surface area is 155 Å². The lowest BCUT2D eigenvalue weighted by molar-refractivity contribution is -0.138. The van der Waals surface area contributed by atoms with E-state index in [1.807, 2.05) is 0 Å². The van der Waals surface area contributed by atoms with Crippen molar-refractivity contribution in [2.24, 2.45) is 0 Å². The lowest BCUT2D eigenvalue weighted by Gasteiger charge is -2.24. The van der Waals surface area contributed by atoms with Gasteiger partial charge in [0.25, 0.3) is 5.91 Å². The predicted molar refractivity (Wildman–Crippen MR) is 94.7 cm³/mol. The van der Waals surface area contributed by atoms with Gasteiger partial charge in [0, 0.05) is 38.5 Å². The van der Waals surface area contributed by atoms with Crippen molar-refractivity contribution in [3.05, 3.63) is 28.8 Å². The molecule has 0 saturated carbocycles. The minimum Gasteiger partial charge on any atom is -0.481 e. The van der Waals surface area contributed by atoms with Gasteiger partial charge in [0.1, 0.15) is 0 Å². The zero-order valence-electron chi connectivity index (χ0n) is 14.3. The van der Waals surface area contributed by atoms with Crippen LogP contribution in [0.3, 0.4) is 0 Å². The summed E-state index contributed by atoms with van der Waals surface area (Å²) in [5, 5.41) is 12.1. The molecule has 26 heavy (non-hydrogen) atoms. The summed E-state index contributed by atoms with van der Waals surface area (Å²) in [5.41, 5.74) is 0.820. The molecule has 0 radical (unpaired) electrons. The Morgan fingerprint density at radius 2 is 2.19 bits per heavy atom. The molecule has 2 fully saturated rings. The van der Waals surface area contributed by atoms with Crippen LogP contribution in [-0.2, 0) is 9.53 Å². The number of nitrogens with one attached hydrogen (secondary N) is 1. The number of rotatable bonds is 5. The fourth-order valence-electron chi connectivity index (χ4n) is 3.41. The number of anilines is 1. The Morgan fingerprint density at radius 3 is 2.81 bits per heavy atom. The molecular weight excluding hydrogens is 362 g/mol. The van der Waals surface area contributed by atoms with E-state index in [0.29, 0.717) is 31.7 Å². The zero-order valence-corrected chi connectivity index (χ0v) is 15.0. The van der Waals surface area contributed by atoms with Crippen LogP contribution in [0.25, 0.3) is 0 Å². The molecule has 2 heterocycles. The first-order valence-electron chi connectivity index (χ1n) is 8.31. The Morgan fingerprint density at radius 1 is 1.42 bits per heavy atom. The Bertz CT molecular complexity index is 741. The minimum absolute atomic E-state index is 0.155. The molecule has 140 valence electrons. The number of aliphatic carboxylic acids is 1. The minimum atomic E-state index is -0.974. The lowest BCUT2D eigenvalue weighted by atomic mass is 10.1. The molecular formula is C17H20ClN3O5. The third-order valence-electron chi connectivity index (χ3n) is 4.73. The van der Waals surface area contributed by atoms with Crippen LogP contribution in [-0.4, -0.2) is 66.8 Å². The monoisotopic (exact) mass is 381 g/mol. The average Bonchev–Trinajstić information content (AvgIpc) is 3.20. The summed E-state index contributed by atoms with van der Waals surface area (Å²) in [5.74, 6) is -1.33. The van der Waals surface area contributed by atoms with Crippen LogP contribution < -0.4 is 10.2 Å². The first-order valence-corrected chi connectivity index (χ1v) is 8.69. The van der Waals surface area contributed by atoms with Crippen molar-refractivity contribution in [2.45, 2.75) is 25.0 Å². The SMILES string of the molecule is COC1CC(CC(=O)O)N(C(=O)c2cc(N3CCNC3=O)ccc2Cl)C1. The van der Waals surface area contributed by atoms with Gasteiger partial charge < -0.3 is 20.1 Å². The van der Waals surface area contributed by atoms with Crippen LogP contribution in [0.15, 0.2) is 18.2 Å². The van der Waals surface area contributed by atoms with Gasteiger partial charge in [-0.1, -0.05) is 11.6 Å². The van der Waals surface area contributed by atoms with Gasteiger partial charge in [-0.25, -0.2) is 4.79 Å². The number of hydrogen-bond acceptors (Lipinski definition) is 4. The van der Waals surface area contributed by atoms with Gasteiger partial charge >= 0.3 is 12.0 Å². The quantitative estimate of drug-likeness (QED) is 0.806. The number of urea groups is 1. The van der Waals surface area contributed by atoms with Gasteiger partial charge in [-0.2, -0.15) is 0 Å². The third kappa shape index (κ3) is 3.61. The molecule has 2 aliphatic rings. The van der Waals surface area contributed by atoms with Crippen LogP contribution in [0.2, 0.25) is 5.02 Å². The van der Waals surface area contributed by atoms with Gasteiger partial charge in [0.2, 0.25) is 0 Å². The number of amides is 3. The van der Waals surface area contributed by atoms with Crippen molar-refractivity contribution < 1.29 is 24.2 Å². The van der Waals surface area contributed by atoms with Gasteiger partial charge in [-0.05, 0) is 24.6 Å². The van der Waals surface area contributed by atoms with Crippen LogP contribution in [0.1, 0.15) is 23.2 Å². The molecule has 1 aromatic rings. The van der Waals surface area contributed by atoms with Gasteiger partial charge in [-0.3, -0.25) is 14.5 Å². The summed E-state index contributed by atoms with van der Waals surface area (Å²) in [6.07, 6.45) is 0.0901. The van der Waals surface area contributed by atoms with E-state index in [9.17, 15) is 14.4 Å². The maximum absolute atomic E-state index is 13.0. The third-order valence-corrected chi connectivity index (χ3v) is 5.06. The highest BCUT2D eigenvalue weighted by Crippen LogP contribution is 2.30. The normalized spacial score (nSPS) is 22.6. The van der Waals surface area contributed by atoms with E-state index in [-0.39, 0.29) is 35.0 Å². The molecule has 3 amide bonds. The Hall–Kier alpha value is -2.32. The standard InChI is InChI=1S/C17H20ClN3O5/c1-26-12-6-11(8-15(22)23)21(9-12)16(24)13-7-10(2-3-14(13)18)20-5-4-19-17(20)25/h2-3,7,11-12H,4-6,8-9H2,1H3,(H,19,25)(H,22,23). The van der Waals surface area contributed by atoms with Crippen molar-refractivity contribution in [2.75, 3.05) is 31.6 Å². The number of carbonyl (C=O) groups excluding carboxylic acids is 2. The van der Waals surface area contributed by atoms with Crippen molar-refractivity contribution in [3.8, 4) is 0 Å². The molecule has 1 aromatic carbocycles. The molecule has 0 bridgehead atoms. The number of carboxylic acid groups (broad SMARTS) is 1. The van der Waals surface area contributed by atoms with Crippen LogP contribution in [0.4, 0.5) is 10.5 Å². The number of hydrogen-bond donors (Lipinski definition) is 2. The predicted octanol–water partition coefficient (Wildman–Crippen LogP) is 1.57. The van der Waals surface area contributed by atoms with E-state index in [0.717, 1.165) is 0 Å². The number of benzene rings is 1. The average molecular weight is 382 g/mol. The van der Waals surface area contributed by atoms with Crippen LogP contribution >= 0.6 is 11.6 Å². The van der Waals surface area contributed by atoms with E-state index < -0.39 is 12.0 Å². The number of halogens is 1. The largest absolute Gasteiger partial charge is 0.481 e. The zero-order chi connectivity index (χ0) is 18.8. The summed E-state index contributed by atoms with van der Waals surface area (Å²) in [6, 6.07) is 4.15. The van der Waals surface area contributed by atoms with Crippen LogP contribution in [0.5, 0.6) is 0 Å². The maximum atomic E-state index is 13.0. The summed E-state index contributed by atoms with van der Waals surface area (Å²) >= 11 is 6.22. The highest BCUT2D eigenvalue weighted by molar-refractivity contribution is 6.34. The van der Waals surface area contributed by atoms with Crippen LogP contribution in [0, 0.1) is 0 Å². The second-order valence-electron chi connectivity index (χ2n) is 6.35. The molecule has 8 nitrogen and oxygen atoms in total. The van der Waals surface area contributed by atoms with E-state index in [1.54, 1.807) is 18.2 Å². The first-order chi connectivity index (χ1) is 12.4. The second kappa shape index (κ2) is 7.51.